The minimum absolute atomic E-state index is 0.239. The summed E-state index contributed by atoms with van der Waals surface area (Å²) in [5.41, 5.74) is 4.57. The van der Waals surface area contributed by atoms with Crippen LogP contribution < -0.4 is 5.32 Å². The van der Waals surface area contributed by atoms with Gasteiger partial charge in [-0.15, -0.1) is 15.3 Å². The van der Waals surface area contributed by atoms with Gasteiger partial charge in [0.15, 0.2) is 0 Å². The Labute approximate surface area is 199 Å². The highest BCUT2D eigenvalue weighted by Gasteiger charge is 2.14. The zero-order chi connectivity index (χ0) is 23.5. The van der Waals surface area contributed by atoms with E-state index in [0.29, 0.717) is 28.2 Å². The predicted molar refractivity (Wildman–Crippen MR) is 129 cm³/mol. The fourth-order valence-corrected chi connectivity index (χ4v) is 3.85. The van der Waals surface area contributed by atoms with E-state index in [9.17, 15) is 4.79 Å². The fraction of sp³-hybridized carbons (Fsp3) is 0.0833. The molecule has 5 aromatic rings. The lowest BCUT2D eigenvalue weighted by Gasteiger charge is -2.08. The molecule has 1 amide bonds. The number of aromatic nitrogens is 6. The predicted octanol–water partition coefficient (Wildman–Crippen LogP) is 4.66. The number of aryl methyl sites for hydroxylation is 1. The molecule has 0 aliphatic heterocycles. The van der Waals surface area contributed by atoms with E-state index in [1.807, 2.05) is 61.7 Å². The second-order valence-electron chi connectivity index (χ2n) is 7.39. The first-order valence-corrected chi connectivity index (χ1v) is 11.6. The van der Waals surface area contributed by atoms with E-state index in [0.717, 1.165) is 22.4 Å². The van der Waals surface area contributed by atoms with Crippen LogP contribution in [0.5, 0.6) is 0 Å². The molecule has 10 heteroatoms. The number of rotatable bonds is 6. The first-order valence-electron chi connectivity index (χ1n) is 10.4. The Hall–Kier alpha value is -4.31. The van der Waals surface area contributed by atoms with Gasteiger partial charge in [0.05, 0.1) is 5.69 Å². The highest BCUT2D eigenvalue weighted by molar-refractivity contribution is 7.98. The van der Waals surface area contributed by atoms with Crippen molar-refractivity contribution in [2.24, 2.45) is 0 Å². The van der Waals surface area contributed by atoms with Gasteiger partial charge in [0.2, 0.25) is 16.9 Å². The van der Waals surface area contributed by atoms with Crippen molar-refractivity contribution in [3.8, 4) is 28.6 Å². The average molecular weight is 470 g/mol. The zero-order valence-electron chi connectivity index (χ0n) is 18.3. The van der Waals surface area contributed by atoms with Crippen LogP contribution in [0.3, 0.4) is 0 Å². The van der Waals surface area contributed by atoms with Crippen LogP contribution in [0.4, 0.5) is 5.69 Å². The molecule has 0 spiro atoms. The molecule has 168 valence electrons. The summed E-state index contributed by atoms with van der Waals surface area (Å²) in [5, 5.41) is 23.6. The highest BCUT2D eigenvalue weighted by Crippen LogP contribution is 2.26. The van der Waals surface area contributed by atoms with Gasteiger partial charge in [-0.1, -0.05) is 36.0 Å². The number of benzene rings is 3. The minimum atomic E-state index is -0.239. The summed E-state index contributed by atoms with van der Waals surface area (Å²) in [5.74, 6) is 0.614. The lowest BCUT2D eigenvalue weighted by Crippen LogP contribution is -2.12. The molecule has 9 nitrogen and oxygen atoms in total. The van der Waals surface area contributed by atoms with Gasteiger partial charge in [-0.2, -0.15) is 4.68 Å². The lowest BCUT2D eigenvalue weighted by molar-refractivity contribution is 0.102. The second-order valence-corrected chi connectivity index (χ2v) is 8.16. The third kappa shape index (κ3) is 4.30. The Morgan fingerprint density at radius 2 is 1.74 bits per heavy atom. The molecule has 3 aromatic carbocycles. The minimum Gasteiger partial charge on any atom is -0.416 e. The molecule has 0 saturated carbocycles. The monoisotopic (exact) mass is 469 g/mol. The quantitative estimate of drug-likeness (QED) is 0.357. The van der Waals surface area contributed by atoms with Crippen molar-refractivity contribution in [1.29, 1.82) is 0 Å². The fourth-order valence-electron chi connectivity index (χ4n) is 3.41. The van der Waals surface area contributed by atoms with E-state index in [1.165, 1.54) is 11.8 Å². The largest absolute Gasteiger partial charge is 0.416 e. The van der Waals surface area contributed by atoms with Gasteiger partial charge in [0, 0.05) is 22.4 Å². The first kappa shape index (κ1) is 21.5. The molecule has 0 saturated heterocycles. The molecule has 0 aliphatic rings. The Kier molecular flexibility index (Phi) is 5.88. The number of anilines is 1. The van der Waals surface area contributed by atoms with Crippen molar-refractivity contribution in [2.45, 2.75) is 12.1 Å². The molecule has 2 heterocycles. The van der Waals surface area contributed by atoms with Crippen LogP contribution >= 0.6 is 11.8 Å². The summed E-state index contributed by atoms with van der Waals surface area (Å²) >= 11 is 1.44. The summed E-state index contributed by atoms with van der Waals surface area (Å²) in [6.45, 7) is 1.99. The average Bonchev–Trinajstić information content (AvgIpc) is 3.55. The molecule has 1 N–H and O–H groups in total. The Morgan fingerprint density at radius 1 is 0.941 bits per heavy atom. The molecular weight excluding hydrogens is 450 g/mol. The standard InChI is InChI=1S/C24H19N7O2S/c1-15-6-3-4-9-20(15)23-27-26-22(33-23)17-12-10-16(11-13-17)21(32)25-18-7-5-8-19(14-18)31-24(34-2)28-29-30-31/h3-14H,1-2H3,(H,25,32). The number of hydrogen-bond donors (Lipinski definition) is 1. The third-order valence-corrected chi connectivity index (χ3v) is 5.79. The molecule has 0 fully saturated rings. The van der Waals surface area contributed by atoms with Crippen LogP contribution in [0.2, 0.25) is 0 Å². The van der Waals surface area contributed by atoms with Crippen LogP contribution in [0.25, 0.3) is 28.6 Å². The van der Waals surface area contributed by atoms with Crippen molar-refractivity contribution < 1.29 is 9.21 Å². The van der Waals surface area contributed by atoms with E-state index in [1.54, 1.807) is 28.9 Å². The molecule has 0 radical (unpaired) electrons. The molecular formula is C24H19N7O2S. The maximum absolute atomic E-state index is 12.8. The molecule has 2 aromatic heterocycles. The molecule has 5 rings (SSSR count). The Morgan fingerprint density at radius 3 is 2.53 bits per heavy atom. The zero-order valence-corrected chi connectivity index (χ0v) is 19.2. The van der Waals surface area contributed by atoms with Crippen molar-refractivity contribution in [2.75, 3.05) is 11.6 Å². The van der Waals surface area contributed by atoms with Gasteiger partial charge in [0.1, 0.15) is 0 Å². The van der Waals surface area contributed by atoms with Crippen LogP contribution in [-0.2, 0) is 0 Å². The van der Waals surface area contributed by atoms with Crippen LogP contribution in [0, 0.1) is 6.92 Å². The third-order valence-electron chi connectivity index (χ3n) is 5.17. The van der Waals surface area contributed by atoms with E-state index >= 15 is 0 Å². The van der Waals surface area contributed by atoms with Gasteiger partial charge in [-0.3, -0.25) is 4.79 Å². The van der Waals surface area contributed by atoms with Gasteiger partial charge in [-0.05, 0) is 77.7 Å². The summed E-state index contributed by atoms with van der Waals surface area (Å²) in [4.78, 5) is 12.8. The highest BCUT2D eigenvalue weighted by atomic mass is 32.2. The number of thioether (sulfide) groups is 1. The SMILES string of the molecule is CSc1nnnn1-c1cccc(NC(=O)c2ccc(-c3nnc(-c4ccccc4C)o3)cc2)c1. The smallest absolute Gasteiger partial charge is 0.255 e. The number of carbonyl (C=O) groups is 1. The number of nitrogens with one attached hydrogen (secondary N) is 1. The summed E-state index contributed by atoms with van der Waals surface area (Å²) in [6.07, 6.45) is 1.90. The first-order chi connectivity index (χ1) is 16.6. The van der Waals surface area contributed by atoms with Crippen molar-refractivity contribution >= 4 is 23.4 Å². The van der Waals surface area contributed by atoms with Crippen LogP contribution in [0.1, 0.15) is 15.9 Å². The molecule has 0 aliphatic carbocycles. The van der Waals surface area contributed by atoms with E-state index in [2.05, 4.69) is 31.0 Å². The van der Waals surface area contributed by atoms with Gasteiger partial charge in [-0.25, -0.2) is 0 Å². The molecule has 0 atom stereocenters. The van der Waals surface area contributed by atoms with E-state index in [-0.39, 0.29) is 5.91 Å². The molecule has 34 heavy (non-hydrogen) atoms. The number of carbonyl (C=O) groups excluding carboxylic acids is 1. The normalized spacial score (nSPS) is 10.9. The van der Waals surface area contributed by atoms with Gasteiger partial charge < -0.3 is 9.73 Å². The number of hydrogen-bond acceptors (Lipinski definition) is 8. The summed E-state index contributed by atoms with van der Waals surface area (Å²) < 4.78 is 7.47. The van der Waals surface area contributed by atoms with Crippen LogP contribution in [0.15, 0.2) is 82.4 Å². The Balaban J connectivity index is 1.31. The molecule has 0 unspecified atom stereocenters. The van der Waals surface area contributed by atoms with E-state index in [4.69, 9.17) is 4.42 Å². The second kappa shape index (κ2) is 9.28. The number of amides is 1. The maximum atomic E-state index is 12.8. The molecule has 0 bridgehead atoms. The van der Waals surface area contributed by atoms with Crippen LogP contribution in [-0.4, -0.2) is 42.6 Å². The van der Waals surface area contributed by atoms with Crippen molar-refractivity contribution in [3.63, 3.8) is 0 Å². The lowest BCUT2D eigenvalue weighted by atomic mass is 10.1. The number of tetrazole rings is 1. The maximum Gasteiger partial charge on any atom is 0.255 e. The topological polar surface area (TPSA) is 112 Å². The van der Waals surface area contributed by atoms with E-state index < -0.39 is 0 Å². The van der Waals surface area contributed by atoms with Gasteiger partial charge >= 0.3 is 0 Å². The summed E-state index contributed by atoms with van der Waals surface area (Å²) in [7, 11) is 0. The van der Waals surface area contributed by atoms with Gasteiger partial charge in [0.25, 0.3) is 5.91 Å². The van der Waals surface area contributed by atoms with Crippen molar-refractivity contribution in [1.82, 2.24) is 30.4 Å². The Bertz CT molecular complexity index is 1460. The number of nitrogens with zero attached hydrogens (tertiary/aromatic N) is 6. The van der Waals surface area contributed by atoms with Crippen molar-refractivity contribution in [3.05, 3.63) is 83.9 Å². The summed E-state index contributed by atoms with van der Waals surface area (Å²) in [6, 6.07) is 22.2.